The van der Waals surface area contributed by atoms with Crippen LogP contribution in [0, 0.1) is 0 Å². The van der Waals surface area contributed by atoms with Crippen LogP contribution in [0.5, 0.6) is 0 Å². The molecule has 0 aliphatic carbocycles. The largest absolute Gasteiger partial charge is 0.316 e. The van der Waals surface area contributed by atoms with Gasteiger partial charge in [-0.3, -0.25) is 0 Å². The standard InChI is InChI=1S/C5H9N/c1-3-4-5-6-2/h4,6H,1,5H2,2H3. The second kappa shape index (κ2) is 4.48. The summed E-state index contributed by atoms with van der Waals surface area (Å²) in [6.07, 6.45) is 1.83. The highest BCUT2D eigenvalue weighted by molar-refractivity contribution is 4.76. The second-order valence-corrected chi connectivity index (χ2v) is 0.966. The minimum atomic E-state index is 0.865. The first-order valence-electron chi connectivity index (χ1n) is 1.90. The van der Waals surface area contributed by atoms with E-state index in [4.69, 9.17) is 0 Å². The number of hydrogen-bond acceptors (Lipinski definition) is 1. The first-order valence-corrected chi connectivity index (χ1v) is 1.90. The van der Waals surface area contributed by atoms with Crippen molar-refractivity contribution in [3.05, 3.63) is 18.4 Å². The van der Waals surface area contributed by atoms with E-state index in [2.05, 4.69) is 17.6 Å². The van der Waals surface area contributed by atoms with Crippen molar-refractivity contribution in [2.24, 2.45) is 0 Å². The Labute approximate surface area is 38.4 Å². The van der Waals surface area contributed by atoms with Crippen molar-refractivity contribution in [1.29, 1.82) is 0 Å². The van der Waals surface area contributed by atoms with Crippen molar-refractivity contribution >= 4 is 0 Å². The van der Waals surface area contributed by atoms with Crippen molar-refractivity contribution in [1.82, 2.24) is 5.32 Å². The van der Waals surface area contributed by atoms with Gasteiger partial charge in [-0.15, -0.1) is 5.73 Å². The summed E-state index contributed by atoms with van der Waals surface area (Å²) in [6.45, 7) is 4.24. The molecule has 0 aromatic rings. The van der Waals surface area contributed by atoms with Gasteiger partial charge in [-0.25, -0.2) is 0 Å². The van der Waals surface area contributed by atoms with Gasteiger partial charge in [0, 0.05) is 6.54 Å². The highest BCUT2D eigenvalue weighted by atomic mass is 14.8. The molecule has 0 atom stereocenters. The molecule has 34 valence electrons. The van der Waals surface area contributed by atoms with Gasteiger partial charge in [0.15, 0.2) is 0 Å². The van der Waals surface area contributed by atoms with E-state index in [0.717, 1.165) is 6.54 Å². The number of rotatable bonds is 2. The third-order valence-corrected chi connectivity index (χ3v) is 0.451. The summed E-state index contributed by atoms with van der Waals surface area (Å²) < 4.78 is 0. The molecular formula is C5H9N. The lowest BCUT2D eigenvalue weighted by atomic mass is 10.6. The number of likely N-dealkylation sites (N-methyl/N-ethyl adjacent to an activating group) is 1. The van der Waals surface area contributed by atoms with Crippen molar-refractivity contribution in [2.45, 2.75) is 0 Å². The molecule has 0 unspecified atom stereocenters. The molecule has 0 fully saturated rings. The van der Waals surface area contributed by atoms with E-state index < -0.39 is 0 Å². The van der Waals surface area contributed by atoms with Crippen molar-refractivity contribution < 1.29 is 0 Å². The van der Waals surface area contributed by atoms with E-state index in [-0.39, 0.29) is 0 Å². The smallest absolute Gasteiger partial charge is 0.0206 e. The molecule has 0 bridgehead atoms. The third-order valence-electron chi connectivity index (χ3n) is 0.451. The minimum Gasteiger partial charge on any atom is -0.316 e. The second-order valence-electron chi connectivity index (χ2n) is 0.966. The molecule has 0 saturated heterocycles. The van der Waals surface area contributed by atoms with Crippen LogP contribution in [-0.4, -0.2) is 13.6 Å². The van der Waals surface area contributed by atoms with E-state index in [9.17, 15) is 0 Å². The molecule has 1 nitrogen and oxygen atoms in total. The Morgan fingerprint density at radius 2 is 2.67 bits per heavy atom. The van der Waals surface area contributed by atoms with Crippen LogP contribution in [0.15, 0.2) is 18.4 Å². The lowest BCUT2D eigenvalue weighted by Crippen LogP contribution is -2.03. The van der Waals surface area contributed by atoms with Crippen LogP contribution < -0.4 is 5.32 Å². The van der Waals surface area contributed by atoms with Gasteiger partial charge < -0.3 is 5.32 Å². The van der Waals surface area contributed by atoms with Gasteiger partial charge in [0.05, 0.1) is 0 Å². The normalized spacial score (nSPS) is 6.83. The first kappa shape index (κ1) is 5.48. The maximum Gasteiger partial charge on any atom is 0.0206 e. The predicted molar refractivity (Wildman–Crippen MR) is 27.6 cm³/mol. The number of nitrogens with one attached hydrogen (secondary N) is 1. The first-order chi connectivity index (χ1) is 2.91. The lowest BCUT2D eigenvalue weighted by molar-refractivity contribution is 0.921. The molecule has 0 aliphatic heterocycles. The summed E-state index contributed by atoms with van der Waals surface area (Å²) in [4.78, 5) is 0. The molecule has 0 heterocycles. The Kier molecular flexibility index (Phi) is 4.09. The SMILES string of the molecule is C=C=CCNC. The van der Waals surface area contributed by atoms with E-state index in [0.29, 0.717) is 0 Å². The Morgan fingerprint density at radius 1 is 2.00 bits per heavy atom. The van der Waals surface area contributed by atoms with E-state index in [1.54, 1.807) is 0 Å². The molecule has 1 heteroatoms. The molecule has 0 aromatic carbocycles. The molecule has 1 N–H and O–H groups in total. The zero-order valence-electron chi connectivity index (χ0n) is 3.99. The fourth-order valence-corrected chi connectivity index (χ4v) is 0.174. The number of hydrogen-bond donors (Lipinski definition) is 1. The monoisotopic (exact) mass is 83.1 g/mol. The zero-order valence-corrected chi connectivity index (χ0v) is 3.99. The van der Waals surface area contributed by atoms with Gasteiger partial charge in [-0.05, 0) is 13.1 Å². The molecule has 0 amide bonds. The van der Waals surface area contributed by atoms with Gasteiger partial charge >= 0.3 is 0 Å². The Hall–Kier alpha value is -0.520. The molecule has 0 aliphatic rings. The fraction of sp³-hybridized carbons (Fsp3) is 0.400. The summed E-state index contributed by atoms with van der Waals surface area (Å²) >= 11 is 0. The summed E-state index contributed by atoms with van der Waals surface area (Å²) in [7, 11) is 1.88. The summed E-state index contributed by atoms with van der Waals surface area (Å²) in [6, 6.07) is 0. The molecule has 0 spiro atoms. The van der Waals surface area contributed by atoms with Gasteiger partial charge in [0.1, 0.15) is 0 Å². The zero-order chi connectivity index (χ0) is 4.83. The highest BCUT2D eigenvalue weighted by Gasteiger charge is 1.59. The Balaban J connectivity index is 2.86. The average molecular weight is 83.1 g/mol. The molecule has 0 saturated carbocycles. The lowest BCUT2D eigenvalue weighted by Gasteiger charge is -1.79. The van der Waals surface area contributed by atoms with E-state index in [1.807, 2.05) is 13.1 Å². The van der Waals surface area contributed by atoms with Crippen molar-refractivity contribution in [3.8, 4) is 0 Å². The van der Waals surface area contributed by atoms with Crippen molar-refractivity contribution in [3.63, 3.8) is 0 Å². The predicted octanol–water partition coefficient (Wildman–Crippen LogP) is 0.547. The molecule has 0 aromatic heterocycles. The molecule has 0 radical (unpaired) electrons. The summed E-state index contributed by atoms with van der Waals surface area (Å²) in [5, 5.41) is 2.91. The quantitative estimate of drug-likeness (QED) is 0.481. The van der Waals surface area contributed by atoms with Crippen LogP contribution >= 0.6 is 0 Å². The molecular weight excluding hydrogens is 74.1 g/mol. The van der Waals surface area contributed by atoms with Gasteiger partial charge in [0.2, 0.25) is 0 Å². The van der Waals surface area contributed by atoms with Crippen LogP contribution in [-0.2, 0) is 0 Å². The maximum absolute atomic E-state index is 3.38. The Bertz CT molecular complexity index is 60.3. The van der Waals surface area contributed by atoms with Crippen LogP contribution in [0.3, 0.4) is 0 Å². The summed E-state index contributed by atoms with van der Waals surface area (Å²) in [5.41, 5.74) is 2.63. The van der Waals surface area contributed by atoms with E-state index in [1.165, 1.54) is 0 Å². The fourth-order valence-electron chi connectivity index (χ4n) is 0.174. The maximum atomic E-state index is 3.38. The van der Waals surface area contributed by atoms with Crippen LogP contribution in [0.2, 0.25) is 0 Å². The summed E-state index contributed by atoms with van der Waals surface area (Å²) in [5.74, 6) is 0. The van der Waals surface area contributed by atoms with Gasteiger partial charge in [0.25, 0.3) is 0 Å². The van der Waals surface area contributed by atoms with Gasteiger partial charge in [-0.2, -0.15) is 0 Å². The molecule has 6 heavy (non-hydrogen) atoms. The van der Waals surface area contributed by atoms with Gasteiger partial charge in [-0.1, -0.05) is 6.58 Å². The topological polar surface area (TPSA) is 12.0 Å². The third kappa shape index (κ3) is 3.48. The highest BCUT2D eigenvalue weighted by Crippen LogP contribution is 1.53. The molecule has 0 rings (SSSR count). The minimum absolute atomic E-state index is 0.865. The van der Waals surface area contributed by atoms with Crippen LogP contribution in [0.25, 0.3) is 0 Å². The van der Waals surface area contributed by atoms with E-state index >= 15 is 0 Å². The Morgan fingerprint density at radius 3 is 2.83 bits per heavy atom. The van der Waals surface area contributed by atoms with Crippen LogP contribution in [0.4, 0.5) is 0 Å². The average Bonchev–Trinajstić information content (AvgIpc) is 1.61. The van der Waals surface area contributed by atoms with Crippen molar-refractivity contribution in [2.75, 3.05) is 13.6 Å². The van der Waals surface area contributed by atoms with Crippen LogP contribution in [0.1, 0.15) is 0 Å².